The number of rotatable bonds is 6. The first-order chi connectivity index (χ1) is 11.0. The number of anilines is 1. The average molecular weight is 340 g/mol. The normalized spacial score (nSPS) is 10.4. The van der Waals surface area contributed by atoms with Gasteiger partial charge in [0.15, 0.2) is 0 Å². The molecular formula is C17H16ClF2NO2. The zero-order chi connectivity index (χ0) is 16.8. The number of ether oxygens (including phenoxy) is 1. The molecule has 1 N–H and O–H groups in total. The van der Waals surface area contributed by atoms with Gasteiger partial charge in [-0.1, -0.05) is 11.6 Å². The topological polar surface area (TPSA) is 38.3 Å². The van der Waals surface area contributed by atoms with E-state index in [2.05, 4.69) is 5.32 Å². The molecule has 2 aromatic rings. The molecule has 0 heterocycles. The first-order valence-electron chi connectivity index (χ1n) is 7.09. The number of halogens is 3. The van der Waals surface area contributed by atoms with Gasteiger partial charge in [0, 0.05) is 17.5 Å². The predicted molar refractivity (Wildman–Crippen MR) is 85.9 cm³/mol. The monoisotopic (exact) mass is 339 g/mol. The van der Waals surface area contributed by atoms with Crippen LogP contribution in [0.2, 0.25) is 5.02 Å². The third-order valence-corrected chi connectivity index (χ3v) is 3.57. The summed E-state index contributed by atoms with van der Waals surface area (Å²) in [5, 5.41) is 3.00. The Morgan fingerprint density at radius 3 is 2.74 bits per heavy atom. The highest BCUT2D eigenvalue weighted by molar-refractivity contribution is 6.31. The largest absolute Gasteiger partial charge is 0.494 e. The van der Waals surface area contributed by atoms with Crippen molar-refractivity contribution in [1.82, 2.24) is 0 Å². The van der Waals surface area contributed by atoms with Crippen molar-refractivity contribution in [3.05, 3.63) is 58.6 Å². The van der Waals surface area contributed by atoms with E-state index in [-0.39, 0.29) is 12.1 Å². The molecule has 0 unspecified atom stereocenters. The summed E-state index contributed by atoms with van der Waals surface area (Å²) in [4.78, 5) is 11.7. The van der Waals surface area contributed by atoms with Crippen molar-refractivity contribution in [2.24, 2.45) is 0 Å². The van der Waals surface area contributed by atoms with Gasteiger partial charge in [-0.05, 0) is 49.2 Å². The van der Waals surface area contributed by atoms with Crippen LogP contribution in [0.25, 0.3) is 0 Å². The lowest BCUT2D eigenvalue weighted by Crippen LogP contribution is -2.14. The minimum Gasteiger partial charge on any atom is -0.494 e. The summed E-state index contributed by atoms with van der Waals surface area (Å²) < 4.78 is 31.9. The van der Waals surface area contributed by atoms with E-state index in [1.54, 1.807) is 12.1 Å². The van der Waals surface area contributed by atoms with Gasteiger partial charge in [0.1, 0.15) is 17.4 Å². The molecule has 3 nitrogen and oxygen atoms in total. The minimum absolute atomic E-state index is 0.141. The van der Waals surface area contributed by atoms with E-state index in [1.807, 2.05) is 13.0 Å². The van der Waals surface area contributed by atoms with E-state index in [1.165, 1.54) is 0 Å². The first-order valence-corrected chi connectivity index (χ1v) is 7.47. The Morgan fingerprint density at radius 1 is 1.22 bits per heavy atom. The maximum atomic E-state index is 13.4. The Bertz CT molecular complexity index is 707. The second-order valence-corrected chi connectivity index (χ2v) is 5.44. The molecule has 0 fully saturated rings. The van der Waals surface area contributed by atoms with Crippen molar-refractivity contribution in [1.29, 1.82) is 0 Å². The van der Waals surface area contributed by atoms with Crippen LogP contribution in [0.1, 0.15) is 18.4 Å². The maximum absolute atomic E-state index is 13.4. The Morgan fingerprint density at radius 2 is 2.00 bits per heavy atom. The molecule has 0 aromatic heterocycles. The first kappa shape index (κ1) is 17.2. The molecule has 122 valence electrons. The standard InChI is InChI=1S/C17H16ClF2NO2/c1-11-9-13(5-6-14(11)18)23-8-2-3-17(22)21-16-10-12(19)4-7-15(16)20/h4-7,9-10H,2-3,8H2,1H3,(H,21,22). The Labute approximate surface area is 138 Å². The van der Waals surface area contributed by atoms with Crippen LogP contribution < -0.4 is 10.1 Å². The van der Waals surface area contributed by atoms with Crippen molar-refractivity contribution in [3.63, 3.8) is 0 Å². The quantitative estimate of drug-likeness (QED) is 0.773. The van der Waals surface area contributed by atoms with Crippen LogP contribution in [-0.4, -0.2) is 12.5 Å². The molecule has 0 saturated carbocycles. The van der Waals surface area contributed by atoms with Crippen molar-refractivity contribution in [2.45, 2.75) is 19.8 Å². The van der Waals surface area contributed by atoms with Gasteiger partial charge < -0.3 is 10.1 Å². The maximum Gasteiger partial charge on any atom is 0.224 e. The molecule has 0 spiro atoms. The molecule has 6 heteroatoms. The van der Waals surface area contributed by atoms with Gasteiger partial charge in [-0.2, -0.15) is 0 Å². The summed E-state index contributed by atoms with van der Waals surface area (Å²) in [6, 6.07) is 8.21. The molecule has 0 atom stereocenters. The fraction of sp³-hybridized carbons (Fsp3) is 0.235. The van der Waals surface area contributed by atoms with E-state index in [4.69, 9.17) is 16.3 Å². The van der Waals surface area contributed by atoms with Crippen LogP contribution >= 0.6 is 11.6 Å². The second-order valence-electron chi connectivity index (χ2n) is 5.04. The Hall–Kier alpha value is -2.14. The van der Waals surface area contributed by atoms with Crippen molar-refractivity contribution in [3.8, 4) is 5.75 Å². The lowest BCUT2D eigenvalue weighted by Gasteiger charge is -2.09. The van der Waals surface area contributed by atoms with E-state index in [0.29, 0.717) is 23.8 Å². The second kappa shape index (κ2) is 7.92. The number of hydrogen-bond donors (Lipinski definition) is 1. The molecule has 0 bridgehead atoms. The zero-order valence-electron chi connectivity index (χ0n) is 12.5. The fourth-order valence-electron chi connectivity index (χ4n) is 1.94. The highest BCUT2D eigenvalue weighted by Crippen LogP contribution is 2.21. The average Bonchev–Trinajstić information content (AvgIpc) is 2.51. The smallest absolute Gasteiger partial charge is 0.224 e. The van der Waals surface area contributed by atoms with Crippen LogP contribution in [0.15, 0.2) is 36.4 Å². The molecule has 0 aliphatic carbocycles. The van der Waals surface area contributed by atoms with Gasteiger partial charge in [0.05, 0.1) is 12.3 Å². The van der Waals surface area contributed by atoms with Gasteiger partial charge in [0.25, 0.3) is 0 Å². The van der Waals surface area contributed by atoms with E-state index in [0.717, 1.165) is 23.8 Å². The van der Waals surface area contributed by atoms with Crippen LogP contribution in [0, 0.1) is 18.6 Å². The molecule has 0 radical (unpaired) electrons. The number of hydrogen-bond acceptors (Lipinski definition) is 2. The van der Waals surface area contributed by atoms with Crippen LogP contribution in [0.3, 0.4) is 0 Å². The number of aryl methyl sites for hydroxylation is 1. The SMILES string of the molecule is Cc1cc(OCCCC(=O)Nc2cc(F)ccc2F)ccc1Cl. The Balaban J connectivity index is 1.76. The Kier molecular flexibility index (Phi) is 5.93. The number of benzene rings is 2. The highest BCUT2D eigenvalue weighted by Gasteiger charge is 2.08. The summed E-state index contributed by atoms with van der Waals surface area (Å²) in [5.41, 5.74) is 0.743. The third-order valence-electron chi connectivity index (χ3n) is 3.15. The van der Waals surface area contributed by atoms with Gasteiger partial charge in [-0.3, -0.25) is 4.79 Å². The fourth-order valence-corrected chi connectivity index (χ4v) is 2.05. The summed E-state index contributed by atoms with van der Waals surface area (Å²) in [7, 11) is 0. The minimum atomic E-state index is -0.673. The number of carbonyl (C=O) groups excluding carboxylic acids is 1. The van der Waals surface area contributed by atoms with Gasteiger partial charge in [-0.15, -0.1) is 0 Å². The highest BCUT2D eigenvalue weighted by atomic mass is 35.5. The molecule has 2 aromatic carbocycles. The zero-order valence-corrected chi connectivity index (χ0v) is 13.3. The molecule has 2 rings (SSSR count). The van der Waals surface area contributed by atoms with Crippen molar-refractivity contribution >= 4 is 23.2 Å². The summed E-state index contributed by atoms with van der Waals surface area (Å²) in [6.07, 6.45) is 0.590. The van der Waals surface area contributed by atoms with E-state index < -0.39 is 17.5 Å². The van der Waals surface area contributed by atoms with Gasteiger partial charge in [0.2, 0.25) is 5.91 Å². The predicted octanol–water partition coefficient (Wildman–Crippen LogP) is 4.72. The molecule has 0 saturated heterocycles. The van der Waals surface area contributed by atoms with Crippen molar-refractivity contribution < 1.29 is 18.3 Å². The molecule has 23 heavy (non-hydrogen) atoms. The lowest BCUT2D eigenvalue weighted by molar-refractivity contribution is -0.116. The summed E-state index contributed by atoms with van der Waals surface area (Å²) in [6.45, 7) is 2.20. The number of amides is 1. The van der Waals surface area contributed by atoms with E-state index >= 15 is 0 Å². The summed E-state index contributed by atoms with van der Waals surface area (Å²) in [5.74, 6) is -1.01. The van der Waals surface area contributed by atoms with E-state index in [9.17, 15) is 13.6 Å². The molecule has 0 aliphatic heterocycles. The van der Waals surface area contributed by atoms with Gasteiger partial charge >= 0.3 is 0 Å². The summed E-state index contributed by atoms with van der Waals surface area (Å²) >= 11 is 5.92. The lowest BCUT2D eigenvalue weighted by atomic mass is 10.2. The molecule has 1 amide bonds. The van der Waals surface area contributed by atoms with Gasteiger partial charge in [-0.25, -0.2) is 8.78 Å². The third kappa shape index (κ3) is 5.21. The van der Waals surface area contributed by atoms with Crippen LogP contribution in [-0.2, 0) is 4.79 Å². The van der Waals surface area contributed by atoms with Crippen LogP contribution in [0.4, 0.5) is 14.5 Å². The molecule has 0 aliphatic rings. The number of nitrogens with one attached hydrogen (secondary N) is 1. The molecular weight excluding hydrogens is 324 g/mol. The number of carbonyl (C=O) groups is 1. The van der Waals surface area contributed by atoms with Crippen LogP contribution in [0.5, 0.6) is 5.75 Å². The van der Waals surface area contributed by atoms with Crippen molar-refractivity contribution in [2.75, 3.05) is 11.9 Å².